The van der Waals surface area contributed by atoms with Gasteiger partial charge in [-0.05, 0) is 41.0 Å². The van der Waals surface area contributed by atoms with Gasteiger partial charge < -0.3 is 14.8 Å². The lowest BCUT2D eigenvalue weighted by atomic mass is 9.86. The molecular formula is C25H35NO3. The molecule has 4 heteroatoms. The van der Waals surface area contributed by atoms with Crippen LogP contribution in [0, 0.1) is 0 Å². The standard InChI is InChI=1S/C25H35NO3/c1-5-28-15-16-29-19-22-8-6-7-21(17-22)18-26-24(27)14-11-20-9-12-23(13-10-20)25(2,3)4/h6-10,12-13,17H,5,11,14-16,18-19H2,1-4H3,(H,26,27). The average molecular weight is 398 g/mol. The third kappa shape index (κ3) is 8.80. The van der Waals surface area contributed by atoms with E-state index >= 15 is 0 Å². The van der Waals surface area contributed by atoms with Crippen molar-refractivity contribution >= 4 is 5.91 Å². The molecule has 1 N–H and O–H groups in total. The summed E-state index contributed by atoms with van der Waals surface area (Å²) in [6.07, 6.45) is 1.25. The molecule has 0 aliphatic carbocycles. The van der Waals surface area contributed by atoms with Crippen LogP contribution in [0.25, 0.3) is 0 Å². The van der Waals surface area contributed by atoms with E-state index in [1.54, 1.807) is 0 Å². The zero-order valence-electron chi connectivity index (χ0n) is 18.3. The van der Waals surface area contributed by atoms with E-state index in [1.165, 1.54) is 11.1 Å². The summed E-state index contributed by atoms with van der Waals surface area (Å²) in [5.41, 5.74) is 4.84. The van der Waals surface area contributed by atoms with Crippen molar-refractivity contribution in [2.45, 2.75) is 59.1 Å². The second kappa shape index (κ2) is 11.7. The Hall–Kier alpha value is -2.17. The Kier molecular flexibility index (Phi) is 9.36. The van der Waals surface area contributed by atoms with Gasteiger partial charge >= 0.3 is 0 Å². The van der Waals surface area contributed by atoms with Crippen LogP contribution in [-0.2, 0) is 39.3 Å². The molecule has 0 saturated heterocycles. The van der Waals surface area contributed by atoms with Gasteiger partial charge in [0.2, 0.25) is 5.91 Å². The number of benzene rings is 2. The maximum atomic E-state index is 12.2. The zero-order valence-corrected chi connectivity index (χ0v) is 18.3. The highest BCUT2D eigenvalue weighted by atomic mass is 16.5. The molecule has 2 rings (SSSR count). The molecule has 0 heterocycles. The van der Waals surface area contributed by atoms with Gasteiger partial charge in [0.15, 0.2) is 0 Å². The van der Waals surface area contributed by atoms with Crippen LogP contribution in [0.4, 0.5) is 0 Å². The van der Waals surface area contributed by atoms with Crippen LogP contribution in [0.15, 0.2) is 48.5 Å². The Bertz CT molecular complexity index is 747. The molecule has 0 aromatic heterocycles. The summed E-state index contributed by atoms with van der Waals surface area (Å²) in [6.45, 7) is 11.6. The van der Waals surface area contributed by atoms with Gasteiger partial charge in [0.1, 0.15) is 0 Å². The first kappa shape index (κ1) is 23.1. The van der Waals surface area contributed by atoms with Gasteiger partial charge in [-0.2, -0.15) is 0 Å². The number of aryl methyl sites for hydroxylation is 1. The molecule has 4 nitrogen and oxygen atoms in total. The molecule has 2 aromatic rings. The van der Waals surface area contributed by atoms with Crippen LogP contribution in [0.2, 0.25) is 0 Å². The van der Waals surface area contributed by atoms with Crippen LogP contribution in [0.5, 0.6) is 0 Å². The Morgan fingerprint density at radius 2 is 1.62 bits per heavy atom. The molecule has 0 aliphatic rings. The predicted molar refractivity (Wildman–Crippen MR) is 118 cm³/mol. The van der Waals surface area contributed by atoms with Crippen LogP contribution < -0.4 is 5.32 Å². The largest absolute Gasteiger partial charge is 0.379 e. The van der Waals surface area contributed by atoms with E-state index < -0.39 is 0 Å². The zero-order chi connectivity index (χ0) is 21.1. The second-order valence-electron chi connectivity index (χ2n) is 8.29. The third-order valence-electron chi connectivity index (χ3n) is 4.79. The molecule has 0 fully saturated rings. The number of carbonyl (C=O) groups excluding carboxylic acids is 1. The van der Waals surface area contributed by atoms with E-state index in [9.17, 15) is 4.79 Å². The molecule has 0 unspecified atom stereocenters. The van der Waals surface area contributed by atoms with Crippen molar-refractivity contribution in [3.63, 3.8) is 0 Å². The minimum atomic E-state index is 0.0725. The van der Waals surface area contributed by atoms with Gasteiger partial charge in [-0.3, -0.25) is 4.79 Å². The van der Waals surface area contributed by atoms with Gasteiger partial charge in [-0.1, -0.05) is 69.3 Å². The molecule has 29 heavy (non-hydrogen) atoms. The van der Waals surface area contributed by atoms with Crippen molar-refractivity contribution in [1.82, 2.24) is 5.32 Å². The Morgan fingerprint density at radius 3 is 2.31 bits per heavy atom. The van der Waals surface area contributed by atoms with Gasteiger partial charge in [0, 0.05) is 19.6 Å². The van der Waals surface area contributed by atoms with Crippen molar-refractivity contribution in [3.05, 3.63) is 70.8 Å². The number of ether oxygens (including phenoxy) is 2. The summed E-state index contributed by atoms with van der Waals surface area (Å²) in [7, 11) is 0. The van der Waals surface area contributed by atoms with Crippen molar-refractivity contribution in [2.24, 2.45) is 0 Å². The molecular weight excluding hydrogens is 362 g/mol. The second-order valence-corrected chi connectivity index (χ2v) is 8.29. The number of hydrogen-bond acceptors (Lipinski definition) is 3. The van der Waals surface area contributed by atoms with Crippen LogP contribution in [-0.4, -0.2) is 25.7 Å². The van der Waals surface area contributed by atoms with Crippen molar-refractivity contribution < 1.29 is 14.3 Å². The number of hydrogen-bond donors (Lipinski definition) is 1. The first-order chi connectivity index (χ1) is 13.9. The van der Waals surface area contributed by atoms with E-state index in [1.807, 2.05) is 25.1 Å². The molecule has 0 atom stereocenters. The fourth-order valence-corrected chi connectivity index (χ4v) is 3.00. The lowest BCUT2D eigenvalue weighted by Crippen LogP contribution is -2.23. The number of rotatable bonds is 11. The van der Waals surface area contributed by atoms with E-state index in [4.69, 9.17) is 9.47 Å². The van der Waals surface area contributed by atoms with Gasteiger partial charge in [0.05, 0.1) is 19.8 Å². The molecule has 0 aliphatic heterocycles. The Balaban J connectivity index is 1.72. The van der Waals surface area contributed by atoms with E-state index in [0.29, 0.717) is 39.4 Å². The number of nitrogens with one attached hydrogen (secondary N) is 1. The highest BCUT2D eigenvalue weighted by Crippen LogP contribution is 2.22. The molecule has 158 valence electrons. The quantitative estimate of drug-likeness (QED) is 0.555. The van der Waals surface area contributed by atoms with Crippen LogP contribution in [0.3, 0.4) is 0 Å². The maximum absolute atomic E-state index is 12.2. The lowest BCUT2D eigenvalue weighted by Gasteiger charge is -2.19. The average Bonchev–Trinajstić information content (AvgIpc) is 2.70. The molecule has 2 aromatic carbocycles. The SMILES string of the molecule is CCOCCOCc1cccc(CNC(=O)CCc2ccc(C(C)(C)C)cc2)c1. The molecule has 0 saturated carbocycles. The lowest BCUT2D eigenvalue weighted by molar-refractivity contribution is -0.121. The van der Waals surface area contributed by atoms with Crippen LogP contribution >= 0.6 is 0 Å². The van der Waals surface area contributed by atoms with Gasteiger partial charge in [-0.25, -0.2) is 0 Å². The normalized spacial score (nSPS) is 11.4. The van der Waals surface area contributed by atoms with Gasteiger partial charge in [-0.15, -0.1) is 0 Å². The molecule has 0 spiro atoms. The highest BCUT2D eigenvalue weighted by Gasteiger charge is 2.13. The van der Waals surface area contributed by atoms with Crippen molar-refractivity contribution in [2.75, 3.05) is 19.8 Å². The Morgan fingerprint density at radius 1 is 0.931 bits per heavy atom. The topological polar surface area (TPSA) is 47.6 Å². The number of carbonyl (C=O) groups is 1. The molecule has 0 radical (unpaired) electrons. The highest BCUT2D eigenvalue weighted by molar-refractivity contribution is 5.76. The van der Waals surface area contributed by atoms with Crippen molar-refractivity contribution in [3.8, 4) is 0 Å². The van der Waals surface area contributed by atoms with Crippen LogP contribution in [0.1, 0.15) is 56.4 Å². The predicted octanol–water partition coefficient (Wildman–Crippen LogP) is 4.79. The smallest absolute Gasteiger partial charge is 0.220 e. The maximum Gasteiger partial charge on any atom is 0.220 e. The molecule has 0 bridgehead atoms. The summed E-state index contributed by atoms with van der Waals surface area (Å²) in [5, 5.41) is 3.02. The van der Waals surface area contributed by atoms with E-state index in [-0.39, 0.29) is 11.3 Å². The van der Waals surface area contributed by atoms with E-state index in [2.05, 4.69) is 56.4 Å². The Labute approximate surface area is 175 Å². The first-order valence-electron chi connectivity index (χ1n) is 10.5. The summed E-state index contributed by atoms with van der Waals surface area (Å²) >= 11 is 0. The fourth-order valence-electron chi connectivity index (χ4n) is 3.00. The minimum Gasteiger partial charge on any atom is -0.379 e. The molecule has 1 amide bonds. The first-order valence-corrected chi connectivity index (χ1v) is 10.5. The summed E-state index contributed by atoms with van der Waals surface area (Å²) in [6, 6.07) is 16.7. The third-order valence-corrected chi connectivity index (χ3v) is 4.79. The summed E-state index contributed by atoms with van der Waals surface area (Å²) < 4.78 is 10.9. The minimum absolute atomic E-state index is 0.0725. The summed E-state index contributed by atoms with van der Waals surface area (Å²) in [4.78, 5) is 12.2. The monoisotopic (exact) mass is 397 g/mol. The summed E-state index contributed by atoms with van der Waals surface area (Å²) in [5.74, 6) is 0.0725. The van der Waals surface area contributed by atoms with E-state index in [0.717, 1.165) is 17.5 Å². The fraction of sp³-hybridized carbons (Fsp3) is 0.480. The number of amides is 1. The van der Waals surface area contributed by atoms with Gasteiger partial charge in [0.25, 0.3) is 0 Å². The van der Waals surface area contributed by atoms with Crippen molar-refractivity contribution in [1.29, 1.82) is 0 Å².